The van der Waals surface area contributed by atoms with Crippen molar-refractivity contribution in [2.75, 3.05) is 0 Å². The van der Waals surface area contributed by atoms with Crippen LogP contribution in [0.15, 0.2) is 42.5 Å². The average molecular weight is 249 g/mol. The number of aryl methyl sites for hydroxylation is 1. The Labute approximate surface area is 110 Å². The molecule has 17 heavy (non-hydrogen) atoms. The zero-order chi connectivity index (χ0) is 12.8. The predicted molar refractivity (Wildman–Crippen MR) is 77.8 cm³/mol. The van der Waals surface area contributed by atoms with Gasteiger partial charge in [0.1, 0.15) is 0 Å². The molecule has 1 aromatic rings. The van der Waals surface area contributed by atoms with Crippen LogP contribution in [0.2, 0.25) is 5.02 Å². The van der Waals surface area contributed by atoms with Crippen molar-refractivity contribution in [1.82, 2.24) is 0 Å². The summed E-state index contributed by atoms with van der Waals surface area (Å²) in [4.78, 5) is 0. The first-order valence-corrected chi connectivity index (χ1v) is 6.56. The second-order valence-corrected chi connectivity index (χ2v) is 4.86. The topological polar surface area (TPSA) is 0 Å². The summed E-state index contributed by atoms with van der Waals surface area (Å²) in [6.07, 6.45) is 6.53. The molecular weight excluding hydrogens is 228 g/mol. The Kier molecular flexibility index (Phi) is 5.50. The van der Waals surface area contributed by atoms with Crippen LogP contribution in [0.3, 0.4) is 0 Å². The molecule has 0 saturated carbocycles. The minimum Gasteiger partial charge on any atom is -0.0988 e. The van der Waals surface area contributed by atoms with Gasteiger partial charge in [-0.3, -0.25) is 0 Å². The molecule has 0 amide bonds. The lowest BCUT2D eigenvalue weighted by Gasteiger charge is -2.16. The Bertz CT molecular complexity index is 416. The molecule has 1 unspecified atom stereocenters. The van der Waals surface area contributed by atoms with Gasteiger partial charge >= 0.3 is 0 Å². The van der Waals surface area contributed by atoms with Crippen molar-refractivity contribution in [3.05, 3.63) is 58.7 Å². The number of benzene rings is 1. The molecule has 0 heterocycles. The molecule has 0 aromatic heterocycles. The fraction of sp³-hybridized carbons (Fsp3) is 0.375. The molecule has 0 nitrogen and oxygen atoms in total. The van der Waals surface area contributed by atoms with Gasteiger partial charge in [-0.05, 0) is 42.2 Å². The first-order chi connectivity index (χ1) is 8.10. The third kappa shape index (κ3) is 3.74. The quantitative estimate of drug-likeness (QED) is 0.590. The van der Waals surface area contributed by atoms with Crippen LogP contribution in [0, 0.1) is 6.92 Å². The number of rotatable bonds is 5. The van der Waals surface area contributed by atoms with E-state index in [-0.39, 0.29) is 0 Å². The number of hydrogen-bond acceptors (Lipinski definition) is 0. The first kappa shape index (κ1) is 14.1. The van der Waals surface area contributed by atoms with E-state index in [0.717, 1.165) is 11.4 Å². The highest BCUT2D eigenvalue weighted by atomic mass is 35.5. The molecule has 0 spiro atoms. The molecule has 0 radical (unpaired) electrons. The maximum Gasteiger partial charge on any atom is 0.0408 e. The lowest BCUT2D eigenvalue weighted by Crippen LogP contribution is -1.99. The van der Waals surface area contributed by atoms with Crippen LogP contribution in [0.1, 0.15) is 43.7 Å². The van der Waals surface area contributed by atoms with Crippen LogP contribution in [-0.4, -0.2) is 0 Å². The van der Waals surface area contributed by atoms with Crippen molar-refractivity contribution >= 4 is 11.6 Å². The van der Waals surface area contributed by atoms with Crippen LogP contribution in [-0.2, 0) is 0 Å². The van der Waals surface area contributed by atoms with Gasteiger partial charge in [-0.1, -0.05) is 56.7 Å². The molecule has 0 aliphatic carbocycles. The molecule has 0 bridgehead atoms. The summed E-state index contributed by atoms with van der Waals surface area (Å²) >= 11 is 5.98. The van der Waals surface area contributed by atoms with E-state index in [1.54, 1.807) is 0 Å². The summed E-state index contributed by atoms with van der Waals surface area (Å²) in [5, 5.41) is 0.802. The minimum atomic E-state index is 0.385. The molecule has 1 aromatic carbocycles. The number of hydrogen-bond donors (Lipinski definition) is 0. The first-order valence-electron chi connectivity index (χ1n) is 6.18. The summed E-state index contributed by atoms with van der Waals surface area (Å²) in [5.74, 6) is 0.385. The molecule has 0 fully saturated rings. The normalized spacial score (nSPS) is 13.5. The van der Waals surface area contributed by atoms with Gasteiger partial charge in [-0.25, -0.2) is 0 Å². The van der Waals surface area contributed by atoms with Crippen LogP contribution >= 0.6 is 11.6 Å². The van der Waals surface area contributed by atoms with Gasteiger partial charge in [-0.2, -0.15) is 0 Å². The van der Waals surface area contributed by atoms with Gasteiger partial charge in [0.2, 0.25) is 0 Å². The fourth-order valence-corrected chi connectivity index (χ4v) is 2.28. The van der Waals surface area contributed by atoms with Gasteiger partial charge in [-0.15, -0.1) is 0 Å². The van der Waals surface area contributed by atoms with Gasteiger partial charge in [0, 0.05) is 10.9 Å². The summed E-state index contributed by atoms with van der Waals surface area (Å²) in [7, 11) is 0. The lowest BCUT2D eigenvalue weighted by atomic mass is 9.89. The Hall–Kier alpha value is -1.01. The van der Waals surface area contributed by atoms with E-state index in [0.29, 0.717) is 5.92 Å². The van der Waals surface area contributed by atoms with Gasteiger partial charge in [0.25, 0.3) is 0 Å². The maximum absolute atomic E-state index is 5.98. The highest BCUT2D eigenvalue weighted by molar-refractivity contribution is 6.30. The van der Waals surface area contributed by atoms with Crippen molar-refractivity contribution in [3.63, 3.8) is 0 Å². The standard InChI is InChI=1S/C16H21Cl/c1-5-7-8-14(6-2)13(4)16-10-9-15(17)11-12(16)3/h6,8-11,13H,2,5,7H2,1,3-4H3/b14-8+. The molecule has 0 saturated heterocycles. The summed E-state index contributed by atoms with van der Waals surface area (Å²) in [6, 6.07) is 6.10. The van der Waals surface area contributed by atoms with E-state index >= 15 is 0 Å². The predicted octanol–water partition coefficient (Wildman–Crippen LogP) is 5.66. The molecule has 1 heteroatoms. The Morgan fingerprint density at radius 1 is 1.47 bits per heavy atom. The smallest absolute Gasteiger partial charge is 0.0408 e. The third-order valence-corrected chi connectivity index (χ3v) is 3.34. The average Bonchev–Trinajstić information content (AvgIpc) is 2.29. The second-order valence-electron chi connectivity index (χ2n) is 4.42. The second kappa shape index (κ2) is 6.66. The van der Waals surface area contributed by atoms with Crippen molar-refractivity contribution in [2.24, 2.45) is 0 Å². The summed E-state index contributed by atoms with van der Waals surface area (Å²) in [5.41, 5.74) is 3.88. The largest absolute Gasteiger partial charge is 0.0988 e. The maximum atomic E-state index is 5.98. The summed E-state index contributed by atoms with van der Waals surface area (Å²) in [6.45, 7) is 10.4. The molecule has 92 valence electrons. The number of unbranched alkanes of at least 4 members (excludes halogenated alkanes) is 1. The minimum absolute atomic E-state index is 0.385. The Morgan fingerprint density at radius 3 is 2.71 bits per heavy atom. The SMILES string of the molecule is C=C/C(=C\CCC)C(C)c1ccc(Cl)cc1C. The number of allylic oxidation sites excluding steroid dienone is 3. The van der Waals surface area contributed by atoms with E-state index < -0.39 is 0 Å². The summed E-state index contributed by atoms with van der Waals surface area (Å²) < 4.78 is 0. The number of halogens is 1. The zero-order valence-electron chi connectivity index (χ0n) is 11.0. The molecule has 0 N–H and O–H groups in total. The van der Waals surface area contributed by atoms with Crippen molar-refractivity contribution in [3.8, 4) is 0 Å². The van der Waals surface area contributed by atoms with E-state index in [9.17, 15) is 0 Å². The van der Waals surface area contributed by atoms with Crippen molar-refractivity contribution in [2.45, 2.75) is 39.5 Å². The van der Waals surface area contributed by atoms with Gasteiger partial charge in [0.05, 0.1) is 0 Å². The monoisotopic (exact) mass is 248 g/mol. The molecule has 0 aliphatic heterocycles. The molecule has 1 atom stereocenters. The van der Waals surface area contributed by atoms with E-state index in [1.165, 1.54) is 23.1 Å². The highest BCUT2D eigenvalue weighted by Gasteiger charge is 2.11. The van der Waals surface area contributed by atoms with E-state index in [4.69, 9.17) is 11.6 Å². The van der Waals surface area contributed by atoms with E-state index in [2.05, 4.69) is 39.5 Å². The van der Waals surface area contributed by atoms with Gasteiger partial charge < -0.3 is 0 Å². The van der Waals surface area contributed by atoms with Crippen molar-refractivity contribution in [1.29, 1.82) is 0 Å². The third-order valence-electron chi connectivity index (χ3n) is 3.10. The van der Waals surface area contributed by atoms with Crippen molar-refractivity contribution < 1.29 is 0 Å². The van der Waals surface area contributed by atoms with E-state index in [1.807, 2.05) is 18.2 Å². The van der Waals surface area contributed by atoms with Gasteiger partial charge in [0.15, 0.2) is 0 Å². The Balaban J connectivity index is 3.01. The van der Waals surface area contributed by atoms with Crippen LogP contribution in [0.5, 0.6) is 0 Å². The Morgan fingerprint density at radius 2 is 2.18 bits per heavy atom. The lowest BCUT2D eigenvalue weighted by molar-refractivity contribution is 0.878. The van der Waals surface area contributed by atoms with Crippen LogP contribution in [0.25, 0.3) is 0 Å². The van der Waals surface area contributed by atoms with Crippen LogP contribution in [0.4, 0.5) is 0 Å². The van der Waals surface area contributed by atoms with Crippen LogP contribution < -0.4 is 0 Å². The highest BCUT2D eigenvalue weighted by Crippen LogP contribution is 2.29. The molecule has 0 aliphatic rings. The fourth-order valence-electron chi connectivity index (χ4n) is 2.05. The molecular formula is C16H21Cl. The molecule has 1 rings (SSSR count). The zero-order valence-corrected chi connectivity index (χ0v) is 11.7.